The van der Waals surface area contributed by atoms with Gasteiger partial charge in [-0.25, -0.2) is 4.98 Å². The number of nitrogens with zero attached hydrogens (tertiary/aromatic N) is 1. The average molecular weight is 472 g/mol. The molecule has 0 bridgehead atoms. The van der Waals surface area contributed by atoms with Crippen molar-refractivity contribution in [2.75, 3.05) is 5.73 Å². The van der Waals surface area contributed by atoms with Crippen LogP contribution in [0.4, 0.5) is 5.82 Å². The zero-order chi connectivity index (χ0) is 23.1. The minimum atomic E-state index is -0.915. The van der Waals surface area contributed by atoms with Crippen LogP contribution in [-0.2, 0) is 22.6 Å². The van der Waals surface area contributed by atoms with Gasteiger partial charge in [-0.15, -0.1) is 0 Å². The molecule has 2 aromatic carbocycles. The van der Waals surface area contributed by atoms with Gasteiger partial charge >= 0.3 is 0 Å². The highest BCUT2D eigenvalue weighted by Crippen LogP contribution is 2.23. The molecule has 7 nitrogen and oxygen atoms in total. The third kappa shape index (κ3) is 6.43. The molecule has 0 aliphatic heterocycles. The number of aromatic nitrogens is 1. The molecule has 3 aromatic rings. The van der Waals surface area contributed by atoms with Gasteiger partial charge in [0.25, 0.3) is 0 Å². The summed E-state index contributed by atoms with van der Waals surface area (Å²) in [5.41, 5.74) is 13.8. The number of hydrogen-bond donors (Lipinski definition) is 4. The summed E-state index contributed by atoms with van der Waals surface area (Å²) in [6.07, 6.45) is 1.78. The Kier molecular flexibility index (Phi) is 8.05. The maximum atomic E-state index is 13.0. The summed E-state index contributed by atoms with van der Waals surface area (Å²) in [4.78, 5) is 29.8. The van der Waals surface area contributed by atoms with E-state index in [0.717, 1.165) is 11.1 Å². The topological polar surface area (TPSA) is 123 Å². The minimum Gasteiger partial charge on any atom is -0.384 e. The van der Waals surface area contributed by atoms with Gasteiger partial charge < -0.3 is 22.1 Å². The number of nitrogens with one attached hydrogen (secondary N) is 2. The van der Waals surface area contributed by atoms with Crippen LogP contribution in [0.25, 0.3) is 0 Å². The monoisotopic (exact) mass is 471 g/mol. The number of pyridine rings is 1. The van der Waals surface area contributed by atoms with Gasteiger partial charge in [0, 0.05) is 19.2 Å². The van der Waals surface area contributed by atoms with Crippen molar-refractivity contribution in [3.05, 3.63) is 93.6 Å². The quantitative estimate of drug-likeness (QED) is 0.402. The second kappa shape index (κ2) is 10.9. The lowest BCUT2D eigenvalue weighted by Gasteiger charge is -2.21. The lowest BCUT2D eigenvalue weighted by Crippen LogP contribution is -2.50. The Bertz CT molecular complexity index is 1080. The van der Waals surface area contributed by atoms with Gasteiger partial charge in [-0.1, -0.05) is 65.7 Å². The SMILES string of the molecule is Nc1ccc(CNC(=O)[C@H](Cc2ccc(Cl)c(Cl)c2)NC(=O)[C@H](N)c2ccccc2)cn1. The van der Waals surface area contributed by atoms with E-state index >= 15 is 0 Å². The van der Waals surface area contributed by atoms with E-state index in [1.165, 1.54) is 0 Å². The molecular weight excluding hydrogens is 449 g/mol. The molecule has 2 atom stereocenters. The molecule has 6 N–H and O–H groups in total. The van der Waals surface area contributed by atoms with Gasteiger partial charge in [-0.3, -0.25) is 9.59 Å². The summed E-state index contributed by atoms with van der Waals surface area (Å²) in [7, 11) is 0. The molecule has 1 aromatic heterocycles. The molecule has 2 amide bonds. The fourth-order valence-electron chi connectivity index (χ4n) is 3.04. The van der Waals surface area contributed by atoms with Gasteiger partial charge in [-0.05, 0) is 34.9 Å². The van der Waals surface area contributed by atoms with Crippen LogP contribution < -0.4 is 22.1 Å². The van der Waals surface area contributed by atoms with E-state index in [4.69, 9.17) is 34.7 Å². The van der Waals surface area contributed by atoms with E-state index in [9.17, 15) is 9.59 Å². The Hall–Kier alpha value is -3.13. The molecule has 0 radical (unpaired) electrons. The predicted molar refractivity (Wildman–Crippen MR) is 126 cm³/mol. The van der Waals surface area contributed by atoms with Gasteiger partial charge in [0.1, 0.15) is 17.9 Å². The molecule has 0 aliphatic rings. The Labute approximate surface area is 196 Å². The van der Waals surface area contributed by atoms with Crippen LogP contribution in [0.5, 0.6) is 0 Å². The lowest BCUT2D eigenvalue weighted by atomic mass is 10.0. The average Bonchev–Trinajstić information content (AvgIpc) is 2.80. The van der Waals surface area contributed by atoms with Crippen LogP contribution >= 0.6 is 23.2 Å². The highest BCUT2D eigenvalue weighted by molar-refractivity contribution is 6.42. The van der Waals surface area contributed by atoms with Crippen LogP contribution in [0.2, 0.25) is 10.0 Å². The number of benzene rings is 2. The number of nitrogen functional groups attached to an aromatic ring is 1. The maximum Gasteiger partial charge on any atom is 0.243 e. The van der Waals surface area contributed by atoms with Crippen molar-refractivity contribution in [3.8, 4) is 0 Å². The number of carbonyl (C=O) groups excluding carboxylic acids is 2. The van der Waals surface area contributed by atoms with Crippen LogP contribution in [-0.4, -0.2) is 22.8 Å². The largest absolute Gasteiger partial charge is 0.384 e. The maximum absolute atomic E-state index is 13.0. The van der Waals surface area contributed by atoms with E-state index in [2.05, 4.69) is 15.6 Å². The van der Waals surface area contributed by atoms with Gasteiger partial charge in [0.05, 0.1) is 10.0 Å². The molecule has 0 spiro atoms. The summed E-state index contributed by atoms with van der Waals surface area (Å²) in [5, 5.41) is 6.34. The van der Waals surface area contributed by atoms with Crippen LogP contribution in [0.1, 0.15) is 22.7 Å². The third-order valence-corrected chi connectivity index (χ3v) is 5.55. The summed E-state index contributed by atoms with van der Waals surface area (Å²) in [6.45, 7) is 0.227. The van der Waals surface area contributed by atoms with E-state index < -0.39 is 18.0 Å². The van der Waals surface area contributed by atoms with E-state index in [-0.39, 0.29) is 18.9 Å². The molecule has 1 heterocycles. The molecule has 9 heteroatoms. The standard InChI is InChI=1S/C23H23Cl2N5O2/c24-17-8-6-14(10-18(17)25)11-19(22(31)29-13-15-7-9-20(26)28-12-15)30-23(32)21(27)16-4-2-1-3-5-16/h1-10,12,19,21H,11,13,27H2,(H2,26,28)(H,29,31)(H,30,32)/t19-,21+/m0/s1. The number of hydrogen-bond acceptors (Lipinski definition) is 5. The predicted octanol–water partition coefficient (Wildman–Crippen LogP) is 3.01. The van der Waals surface area contributed by atoms with E-state index in [0.29, 0.717) is 21.4 Å². The fourth-order valence-corrected chi connectivity index (χ4v) is 3.36. The minimum absolute atomic E-state index is 0.204. The zero-order valence-electron chi connectivity index (χ0n) is 17.1. The molecule has 0 aliphatic carbocycles. The first kappa shape index (κ1) is 23.5. The number of amides is 2. The second-order valence-corrected chi connectivity index (χ2v) is 8.03. The fraction of sp³-hybridized carbons (Fsp3) is 0.174. The molecule has 32 heavy (non-hydrogen) atoms. The highest BCUT2D eigenvalue weighted by Gasteiger charge is 2.25. The Balaban J connectivity index is 1.74. The lowest BCUT2D eigenvalue weighted by molar-refractivity contribution is -0.129. The van der Waals surface area contributed by atoms with Crippen molar-refractivity contribution in [1.29, 1.82) is 0 Å². The van der Waals surface area contributed by atoms with E-state index in [1.807, 2.05) is 6.07 Å². The van der Waals surface area contributed by atoms with Gasteiger partial charge in [0.15, 0.2) is 0 Å². The molecule has 0 fully saturated rings. The van der Waals surface area contributed by atoms with Crippen molar-refractivity contribution in [2.24, 2.45) is 5.73 Å². The van der Waals surface area contributed by atoms with Crippen LogP contribution in [0.3, 0.4) is 0 Å². The van der Waals surface area contributed by atoms with Crippen LogP contribution in [0, 0.1) is 0 Å². The first-order valence-corrected chi connectivity index (χ1v) is 10.6. The summed E-state index contributed by atoms with van der Waals surface area (Å²) in [5.74, 6) is -0.452. The van der Waals surface area contributed by atoms with Crippen molar-refractivity contribution < 1.29 is 9.59 Å². The molecule has 166 valence electrons. The third-order valence-electron chi connectivity index (χ3n) is 4.81. The second-order valence-electron chi connectivity index (χ2n) is 7.21. The van der Waals surface area contributed by atoms with E-state index in [1.54, 1.807) is 60.8 Å². The zero-order valence-corrected chi connectivity index (χ0v) is 18.6. The number of anilines is 1. The number of halogens is 2. The highest BCUT2D eigenvalue weighted by atomic mass is 35.5. The van der Waals surface area contributed by atoms with Crippen LogP contribution in [0.15, 0.2) is 66.9 Å². The molecule has 3 rings (SSSR count). The Morgan fingerprint density at radius 1 is 0.938 bits per heavy atom. The molecular formula is C23H23Cl2N5O2. The first-order valence-electron chi connectivity index (χ1n) is 9.86. The molecule has 0 saturated heterocycles. The molecule has 0 saturated carbocycles. The number of carbonyl (C=O) groups is 2. The van der Waals surface area contributed by atoms with Crippen molar-refractivity contribution >= 4 is 40.8 Å². The van der Waals surface area contributed by atoms with Gasteiger partial charge in [0.2, 0.25) is 11.8 Å². The smallest absolute Gasteiger partial charge is 0.243 e. The number of rotatable bonds is 8. The summed E-state index contributed by atoms with van der Waals surface area (Å²) in [6, 6.07) is 15.6. The summed E-state index contributed by atoms with van der Waals surface area (Å²) >= 11 is 12.1. The first-order chi connectivity index (χ1) is 15.3. The van der Waals surface area contributed by atoms with Gasteiger partial charge in [-0.2, -0.15) is 0 Å². The van der Waals surface area contributed by atoms with Crippen molar-refractivity contribution in [3.63, 3.8) is 0 Å². The normalized spacial score (nSPS) is 12.6. The Morgan fingerprint density at radius 2 is 1.66 bits per heavy atom. The van der Waals surface area contributed by atoms with Crippen molar-refractivity contribution in [2.45, 2.75) is 25.0 Å². The number of nitrogens with two attached hydrogens (primary N) is 2. The van der Waals surface area contributed by atoms with Crippen molar-refractivity contribution in [1.82, 2.24) is 15.6 Å². The Morgan fingerprint density at radius 3 is 2.31 bits per heavy atom. The summed E-state index contributed by atoms with van der Waals surface area (Å²) < 4.78 is 0. The molecule has 0 unspecified atom stereocenters.